The molecule has 0 fully saturated rings. The van der Waals surface area contributed by atoms with E-state index in [-0.39, 0.29) is 18.2 Å². The second kappa shape index (κ2) is 4.53. The van der Waals surface area contributed by atoms with Gasteiger partial charge in [0.05, 0.1) is 5.69 Å². The van der Waals surface area contributed by atoms with E-state index in [1.165, 1.54) is 6.33 Å². The first-order valence-corrected chi connectivity index (χ1v) is 4.85. The van der Waals surface area contributed by atoms with E-state index < -0.39 is 11.4 Å². The fraction of sp³-hybridized carbons (Fsp3) is 0.600. The molecule has 0 aliphatic rings. The average Bonchev–Trinajstić information content (AvgIpc) is 2.20. The molecule has 0 amide bonds. The molecule has 1 aromatic rings. The number of hydrogen-bond acceptors (Lipinski definition) is 4. The van der Waals surface area contributed by atoms with Crippen molar-refractivity contribution in [1.29, 1.82) is 0 Å². The van der Waals surface area contributed by atoms with E-state index in [0.29, 0.717) is 0 Å². The van der Waals surface area contributed by atoms with Gasteiger partial charge in [-0.25, -0.2) is 4.98 Å². The maximum Gasteiger partial charge on any atom is 0.253 e. The molecule has 1 aromatic heterocycles. The minimum absolute atomic E-state index is 0.0346. The standard InChI is InChI=1S/C10H16FN3O/c1-4-10(3,12)5-15-9-8(11)7(2)13-6-14-9/h6H,4-5,12H2,1-3H3. The Kier molecular flexibility index (Phi) is 3.57. The number of rotatable bonds is 4. The van der Waals surface area contributed by atoms with Crippen LogP contribution in [0.2, 0.25) is 0 Å². The SMILES string of the molecule is CCC(C)(N)COc1ncnc(C)c1F. The third-order valence-corrected chi connectivity index (χ3v) is 2.28. The summed E-state index contributed by atoms with van der Waals surface area (Å²) in [7, 11) is 0. The van der Waals surface area contributed by atoms with E-state index in [2.05, 4.69) is 9.97 Å². The molecule has 0 radical (unpaired) electrons. The lowest BCUT2D eigenvalue weighted by atomic mass is 10.0. The Labute approximate surface area is 88.7 Å². The maximum atomic E-state index is 13.4. The van der Waals surface area contributed by atoms with Crippen molar-refractivity contribution in [2.45, 2.75) is 32.7 Å². The molecule has 1 rings (SSSR count). The molecule has 5 heteroatoms. The zero-order valence-corrected chi connectivity index (χ0v) is 9.25. The van der Waals surface area contributed by atoms with Crippen molar-refractivity contribution in [3.63, 3.8) is 0 Å². The first kappa shape index (κ1) is 11.8. The molecule has 2 N–H and O–H groups in total. The highest BCUT2D eigenvalue weighted by Gasteiger charge is 2.18. The van der Waals surface area contributed by atoms with Crippen LogP contribution < -0.4 is 10.5 Å². The van der Waals surface area contributed by atoms with Crippen molar-refractivity contribution in [3.05, 3.63) is 17.8 Å². The highest BCUT2D eigenvalue weighted by atomic mass is 19.1. The summed E-state index contributed by atoms with van der Waals surface area (Å²) in [6.07, 6.45) is 2.02. The van der Waals surface area contributed by atoms with Crippen LogP contribution in [-0.2, 0) is 0 Å². The number of aryl methyl sites for hydroxylation is 1. The number of aromatic nitrogens is 2. The molecule has 0 saturated heterocycles. The summed E-state index contributed by atoms with van der Waals surface area (Å²) >= 11 is 0. The van der Waals surface area contributed by atoms with Gasteiger partial charge in [0, 0.05) is 5.54 Å². The predicted molar refractivity (Wildman–Crippen MR) is 55.1 cm³/mol. The Morgan fingerprint density at radius 1 is 1.53 bits per heavy atom. The maximum absolute atomic E-state index is 13.4. The molecule has 0 saturated carbocycles. The van der Waals surface area contributed by atoms with Gasteiger partial charge in [-0.1, -0.05) is 6.92 Å². The Balaban J connectivity index is 2.70. The molecule has 84 valence electrons. The van der Waals surface area contributed by atoms with Crippen LogP contribution in [0.1, 0.15) is 26.0 Å². The van der Waals surface area contributed by atoms with Crippen LogP contribution in [0.15, 0.2) is 6.33 Å². The van der Waals surface area contributed by atoms with Gasteiger partial charge < -0.3 is 10.5 Å². The van der Waals surface area contributed by atoms with E-state index in [1.54, 1.807) is 6.92 Å². The molecule has 15 heavy (non-hydrogen) atoms. The van der Waals surface area contributed by atoms with Crippen LogP contribution in [0, 0.1) is 12.7 Å². The number of hydrogen-bond donors (Lipinski definition) is 1. The van der Waals surface area contributed by atoms with Gasteiger partial charge in [-0.05, 0) is 20.3 Å². The summed E-state index contributed by atoms with van der Waals surface area (Å²) in [5, 5.41) is 0. The number of nitrogens with zero attached hydrogens (tertiary/aromatic N) is 2. The van der Waals surface area contributed by atoms with E-state index in [0.717, 1.165) is 6.42 Å². The number of nitrogens with two attached hydrogens (primary N) is 1. The van der Waals surface area contributed by atoms with Crippen molar-refractivity contribution >= 4 is 0 Å². The zero-order chi connectivity index (χ0) is 11.5. The largest absolute Gasteiger partial charge is 0.474 e. The van der Waals surface area contributed by atoms with Crippen molar-refractivity contribution in [2.24, 2.45) is 5.73 Å². The molecule has 1 unspecified atom stereocenters. The van der Waals surface area contributed by atoms with Crippen molar-refractivity contribution < 1.29 is 9.13 Å². The van der Waals surface area contributed by atoms with Gasteiger partial charge in [0.1, 0.15) is 12.9 Å². The molecular weight excluding hydrogens is 197 g/mol. The molecule has 1 heterocycles. The third kappa shape index (κ3) is 3.13. The minimum Gasteiger partial charge on any atom is -0.474 e. The first-order chi connectivity index (χ1) is 6.96. The third-order valence-electron chi connectivity index (χ3n) is 2.28. The van der Waals surface area contributed by atoms with Gasteiger partial charge in [-0.3, -0.25) is 0 Å². The smallest absolute Gasteiger partial charge is 0.253 e. The summed E-state index contributed by atoms with van der Waals surface area (Å²) < 4.78 is 18.6. The normalized spacial score (nSPS) is 14.7. The molecule has 4 nitrogen and oxygen atoms in total. The van der Waals surface area contributed by atoms with E-state index >= 15 is 0 Å². The van der Waals surface area contributed by atoms with Gasteiger partial charge >= 0.3 is 0 Å². The van der Waals surface area contributed by atoms with Crippen LogP contribution in [0.3, 0.4) is 0 Å². The zero-order valence-electron chi connectivity index (χ0n) is 9.25. The predicted octanol–water partition coefficient (Wildman–Crippen LogP) is 1.43. The summed E-state index contributed by atoms with van der Waals surface area (Å²) in [6, 6.07) is 0. The Bertz CT molecular complexity index is 341. The fourth-order valence-electron chi connectivity index (χ4n) is 0.872. The van der Waals surface area contributed by atoms with E-state index in [9.17, 15) is 4.39 Å². The van der Waals surface area contributed by atoms with Crippen molar-refractivity contribution in [1.82, 2.24) is 9.97 Å². The van der Waals surface area contributed by atoms with Gasteiger partial charge in [-0.2, -0.15) is 9.37 Å². The number of halogens is 1. The van der Waals surface area contributed by atoms with Gasteiger partial charge in [-0.15, -0.1) is 0 Å². The van der Waals surface area contributed by atoms with Crippen LogP contribution in [-0.4, -0.2) is 22.1 Å². The summed E-state index contributed by atoms with van der Waals surface area (Å²) in [6.45, 7) is 5.59. The molecule has 0 aliphatic heterocycles. The van der Waals surface area contributed by atoms with Gasteiger partial charge in [0.2, 0.25) is 5.82 Å². The lowest BCUT2D eigenvalue weighted by Gasteiger charge is -2.22. The van der Waals surface area contributed by atoms with Crippen molar-refractivity contribution in [3.8, 4) is 5.88 Å². The second-order valence-electron chi connectivity index (χ2n) is 3.87. The summed E-state index contributed by atoms with van der Waals surface area (Å²) in [5.74, 6) is -0.558. The lowest BCUT2D eigenvalue weighted by Crippen LogP contribution is -2.41. The van der Waals surface area contributed by atoms with Crippen molar-refractivity contribution in [2.75, 3.05) is 6.61 Å². The Hall–Kier alpha value is -1.23. The highest BCUT2D eigenvalue weighted by molar-refractivity contribution is 5.15. The minimum atomic E-state index is -0.524. The second-order valence-corrected chi connectivity index (χ2v) is 3.87. The van der Waals surface area contributed by atoms with Crippen LogP contribution >= 0.6 is 0 Å². The molecule has 0 spiro atoms. The van der Waals surface area contributed by atoms with E-state index in [4.69, 9.17) is 10.5 Å². The lowest BCUT2D eigenvalue weighted by molar-refractivity contribution is 0.209. The number of ether oxygens (including phenoxy) is 1. The molecule has 0 aromatic carbocycles. The van der Waals surface area contributed by atoms with Gasteiger partial charge in [0.15, 0.2) is 0 Å². The summed E-state index contributed by atoms with van der Waals surface area (Å²) in [4.78, 5) is 7.42. The van der Waals surface area contributed by atoms with Gasteiger partial charge in [0.25, 0.3) is 5.88 Å². The van der Waals surface area contributed by atoms with Crippen LogP contribution in [0.25, 0.3) is 0 Å². The molecule has 0 bridgehead atoms. The topological polar surface area (TPSA) is 61.0 Å². The fourth-order valence-corrected chi connectivity index (χ4v) is 0.872. The highest BCUT2D eigenvalue weighted by Crippen LogP contribution is 2.16. The Morgan fingerprint density at radius 3 is 2.80 bits per heavy atom. The first-order valence-electron chi connectivity index (χ1n) is 4.85. The molecular formula is C10H16FN3O. The monoisotopic (exact) mass is 213 g/mol. The Morgan fingerprint density at radius 2 is 2.20 bits per heavy atom. The van der Waals surface area contributed by atoms with Crippen LogP contribution in [0.5, 0.6) is 5.88 Å². The van der Waals surface area contributed by atoms with Crippen LogP contribution in [0.4, 0.5) is 4.39 Å². The molecule has 0 aliphatic carbocycles. The van der Waals surface area contributed by atoms with E-state index in [1.807, 2.05) is 13.8 Å². The quantitative estimate of drug-likeness (QED) is 0.821. The molecule has 1 atom stereocenters. The summed E-state index contributed by atoms with van der Waals surface area (Å²) in [5.41, 5.74) is 5.67. The average molecular weight is 213 g/mol.